The van der Waals surface area contributed by atoms with Gasteiger partial charge >= 0.3 is 6.03 Å². The van der Waals surface area contributed by atoms with Gasteiger partial charge in [-0.15, -0.1) is 5.10 Å². The lowest BCUT2D eigenvalue weighted by Gasteiger charge is -2.21. The van der Waals surface area contributed by atoms with Crippen molar-refractivity contribution in [1.29, 1.82) is 0 Å². The van der Waals surface area contributed by atoms with Crippen LogP contribution in [0.4, 0.5) is 10.6 Å². The monoisotopic (exact) mass is 452 g/mol. The van der Waals surface area contributed by atoms with Crippen molar-refractivity contribution >= 4 is 39.2 Å². The molecule has 0 spiro atoms. The van der Waals surface area contributed by atoms with Crippen LogP contribution in [0.15, 0.2) is 35.4 Å². The summed E-state index contributed by atoms with van der Waals surface area (Å²) in [5.41, 5.74) is 0.655. The minimum atomic E-state index is -3.46. The lowest BCUT2D eigenvalue weighted by atomic mass is 9.87. The minimum Gasteiger partial charge on any atom is -0.339 e. The van der Waals surface area contributed by atoms with E-state index in [1.54, 1.807) is 18.2 Å². The first kappa shape index (κ1) is 22.3. The molecule has 1 fully saturated rings. The molecule has 8 nitrogen and oxygen atoms in total. The summed E-state index contributed by atoms with van der Waals surface area (Å²) in [7, 11) is -1.97. The highest BCUT2D eigenvalue weighted by Gasteiger charge is 2.28. The maximum Gasteiger partial charge on any atom is 0.341 e. The molecule has 10 heteroatoms. The van der Waals surface area contributed by atoms with Crippen LogP contribution in [0, 0.1) is 5.92 Å². The molecule has 1 saturated carbocycles. The Balaban J connectivity index is 1.86. The van der Waals surface area contributed by atoms with Gasteiger partial charge in [0, 0.05) is 25.6 Å². The Morgan fingerprint density at radius 2 is 1.97 bits per heavy atom. The average molecular weight is 453 g/mol. The van der Waals surface area contributed by atoms with Gasteiger partial charge in [0.2, 0.25) is 5.91 Å². The maximum absolute atomic E-state index is 13.1. The molecular weight excluding hydrogens is 428 g/mol. The first-order chi connectivity index (χ1) is 14.2. The van der Waals surface area contributed by atoms with Gasteiger partial charge in [0.1, 0.15) is 0 Å². The van der Waals surface area contributed by atoms with E-state index in [1.165, 1.54) is 19.3 Å². The van der Waals surface area contributed by atoms with E-state index in [2.05, 4.69) is 15.7 Å². The summed E-state index contributed by atoms with van der Waals surface area (Å²) in [6.07, 6.45) is 7.59. The van der Waals surface area contributed by atoms with Crippen LogP contribution < -0.4 is 10.6 Å². The van der Waals surface area contributed by atoms with E-state index >= 15 is 0 Å². The summed E-state index contributed by atoms with van der Waals surface area (Å²) in [6, 6.07) is 5.77. The molecule has 1 aromatic heterocycles. The number of sulfone groups is 1. The number of aromatic nitrogens is 2. The first-order valence-electron chi connectivity index (χ1n) is 9.77. The third-order valence-electron chi connectivity index (χ3n) is 5.38. The fourth-order valence-corrected chi connectivity index (χ4v) is 5.18. The number of nitrogens with one attached hydrogen (secondary N) is 2. The van der Waals surface area contributed by atoms with Crippen molar-refractivity contribution in [3.05, 3.63) is 41.0 Å². The third kappa shape index (κ3) is 5.20. The Labute approximate surface area is 180 Å². The summed E-state index contributed by atoms with van der Waals surface area (Å²) in [5.74, 6) is -0.104. The molecule has 1 aromatic carbocycles. The second-order valence-corrected chi connectivity index (χ2v) is 9.98. The molecule has 1 aliphatic carbocycles. The molecule has 3 rings (SSSR count). The standard InChI is InChI=1S/C20H25ClN4O4S/c1-22-20(27)25-10-9-18(24-25)23-19(26)15(11-13-5-3-4-6-13)14-7-8-17(16(21)12-14)30(2,28)29/h7-10,12-13,15H,3-6,11H2,1-2H3,(H,22,27)(H,23,24,26). The van der Waals surface area contributed by atoms with Crippen molar-refractivity contribution in [2.24, 2.45) is 5.92 Å². The lowest BCUT2D eigenvalue weighted by Crippen LogP contribution is -2.26. The number of hydrogen-bond donors (Lipinski definition) is 2. The van der Waals surface area contributed by atoms with Gasteiger partial charge in [-0.1, -0.05) is 43.4 Å². The average Bonchev–Trinajstić information content (AvgIpc) is 3.36. The molecule has 1 atom stereocenters. The second kappa shape index (κ2) is 9.18. The predicted molar refractivity (Wildman–Crippen MR) is 115 cm³/mol. The van der Waals surface area contributed by atoms with Crippen molar-refractivity contribution in [1.82, 2.24) is 15.1 Å². The molecule has 2 amide bonds. The Hall–Kier alpha value is -2.39. The second-order valence-electron chi connectivity index (χ2n) is 7.59. The smallest absolute Gasteiger partial charge is 0.339 e. The zero-order valence-electron chi connectivity index (χ0n) is 16.9. The largest absolute Gasteiger partial charge is 0.341 e. The van der Waals surface area contributed by atoms with Gasteiger partial charge in [0.05, 0.1) is 15.8 Å². The van der Waals surface area contributed by atoms with E-state index in [0.717, 1.165) is 36.6 Å². The van der Waals surface area contributed by atoms with Crippen molar-refractivity contribution in [2.75, 3.05) is 18.6 Å². The number of halogens is 1. The molecule has 2 aromatic rings. The highest BCUT2D eigenvalue weighted by Crippen LogP contribution is 2.36. The number of carbonyl (C=O) groups is 2. The fraction of sp³-hybridized carbons (Fsp3) is 0.450. The van der Waals surface area contributed by atoms with Gasteiger partial charge in [-0.2, -0.15) is 4.68 Å². The number of hydrogen-bond acceptors (Lipinski definition) is 5. The maximum atomic E-state index is 13.1. The van der Waals surface area contributed by atoms with Crippen LogP contribution in [0.3, 0.4) is 0 Å². The number of anilines is 1. The van der Waals surface area contributed by atoms with E-state index in [4.69, 9.17) is 11.6 Å². The Kier molecular flexibility index (Phi) is 6.82. The summed E-state index contributed by atoms with van der Waals surface area (Å²) >= 11 is 6.22. The normalized spacial score (nSPS) is 15.7. The molecule has 1 aliphatic rings. The van der Waals surface area contributed by atoms with E-state index in [-0.39, 0.29) is 21.6 Å². The molecule has 1 heterocycles. The highest BCUT2D eigenvalue weighted by atomic mass is 35.5. The van der Waals surface area contributed by atoms with Crippen molar-refractivity contribution in [3.8, 4) is 0 Å². The van der Waals surface area contributed by atoms with Crippen LogP contribution in [-0.2, 0) is 14.6 Å². The Morgan fingerprint density at radius 3 is 2.57 bits per heavy atom. The molecule has 0 bridgehead atoms. The van der Waals surface area contributed by atoms with E-state index in [9.17, 15) is 18.0 Å². The summed E-state index contributed by atoms with van der Waals surface area (Å²) in [5, 5.41) is 9.38. The van der Waals surface area contributed by atoms with Crippen LogP contribution >= 0.6 is 11.6 Å². The quantitative estimate of drug-likeness (QED) is 0.697. The molecule has 0 saturated heterocycles. The van der Waals surface area contributed by atoms with Gasteiger partial charge in [0.15, 0.2) is 15.7 Å². The number of rotatable bonds is 6. The predicted octanol–water partition coefficient (Wildman–Crippen LogP) is 3.43. The molecule has 2 N–H and O–H groups in total. The van der Waals surface area contributed by atoms with Crippen LogP contribution in [0.5, 0.6) is 0 Å². The SMILES string of the molecule is CNC(=O)n1ccc(NC(=O)C(CC2CCCC2)c2ccc(S(C)(=O)=O)c(Cl)c2)n1. The zero-order valence-corrected chi connectivity index (χ0v) is 18.5. The summed E-state index contributed by atoms with van der Waals surface area (Å²) in [6.45, 7) is 0. The van der Waals surface area contributed by atoms with E-state index in [0.29, 0.717) is 17.9 Å². The van der Waals surface area contributed by atoms with Crippen LogP contribution in [0.25, 0.3) is 0 Å². The Morgan fingerprint density at radius 1 is 1.27 bits per heavy atom. The molecular formula is C20H25ClN4O4S. The zero-order chi connectivity index (χ0) is 21.9. The number of benzene rings is 1. The number of nitrogens with zero attached hydrogens (tertiary/aromatic N) is 2. The molecule has 0 radical (unpaired) electrons. The number of amides is 2. The van der Waals surface area contributed by atoms with Gasteiger partial charge < -0.3 is 10.6 Å². The van der Waals surface area contributed by atoms with Crippen LogP contribution in [0.1, 0.15) is 43.6 Å². The van der Waals surface area contributed by atoms with Crippen molar-refractivity contribution in [2.45, 2.75) is 42.9 Å². The van der Waals surface area contributed by atoms with E-state index in [1.807, 2.05) is 0 Å². The highest BCUT2D eigenvalue weighted by molar-refractivity contribution is 7.90. The molecule has 1 unspecified atom stereocenters. The van der Waals surface area contributed by atoms with Gasteiger partial charge in [0.25, 0.3) is 0 Å². The molecule has 0 aliphatic heterocycles. The van der Waals surface area contributed by atoms with Crippen LogP contribution in [-0.4, -0.2) is 43.4 Å². The topological polar surface area (TPSA) is 110 Å². The Bertz CT molecular complexity index is 1040. The van der Waals surface area contributed by atoms with Crippen LogP contribution in [0.2, 0.25) is 5.02 Å². The fourth-order valence-electron chi connectivity index (χ4n) is 3.84. The summed E-state index contributed by atoms with van der Waals surface area (Å²) < 4.78 is 24.8. The third-order valence-corrected chi connectivity index (χ3v) is 6.96. The minimum absolute atomic E-state index is 0.0391. The van der Waals surface area contributed by atoms with Crippen molar-refractivity contribution < 1.29 is 18.0 Å². The van der Waals surface area contributed by atoms with Crippen molar-refractivity contribution in [3.63, 3.8) is 0 Å². The van der Waals surface area contributed by atoms with Gasteiger partial charge in [-0.3, -0.25) is 4.79 Å². The lowest BCUT2D eigenvalue weighted by molar-refractivity contribution is -0.118. The van der Waals surface area contributed by atoms with E-state index < -0.39 is 21.8 Å². The number of carbonyl (C=O) groups excluding carboxylic acids is 2. The van der Waals surface area contributed by atoms with Gasteiger partial charge in [-0.25, -0.2) is 13.2 Å². The first-order valence-corrected chi connectivity index (χ1v) is 12.0. The summed E-state index contributed by atoms with van der Waals surface area (Å²) in [4.78, 5) is 24.8. The van der Waals surface area contributed by atoms with Gasteiger partial charge in [-0.05, 0) is 30.0 Å². The molecule has 30 heavy (non-hydrogen) atoms. The molecule has 162 valence electrons.